The molecule has 0 atom stereocenters. The number of aryl methyl sites for hydroxylation is 1. The van der Waals surface area contributed by atoms with Gasteiger partial charge in [0.2, 0.25) is 0 Å². The second-order valence-corrected chi connectivity index (χ2v) is 11.5. The normalized spacial score (nSPS) is 11.7. The second-order valence-electron chi connectivity index (χ2n) is 5.85. The van der Waals surface area contributed by atoms with Crippen LogP contribution < -0.4 is 0 Å². The Kier molecular flexibility index (Phi) is 6.36. The van der Waals surface area contributed by atoms with E-state index in [2.05, 4.69) is 37.4 Å². The molecular weight excluding hydrogens is 240 g/mol. The molecule has 0 unspecified atom stereocenters. The number of ether oxygens (including phenoxy) is 1. The van der Waals surface area contributed by atoms with Crippen LogP contribution in [0.15, 0.2) is 24.9 Å². The molecule has 0 spiro atoms. The van der Waals surface area contributed by atoms with Gasteiger partial charge in [-0.05, 0) is 31.4 Å². The summed E-state index contributed by atoms with van der Waals surface area (Å²) in [5.41, 5.74) is 1.25. The molecule has 0 fully saturated rings. The van der Waals surface area contributed by atoms with Gasteiger partial charge in [-0.25, -0.2) is 4.68 Å². The molecule has 1 aromatic rings. The number of rotatable bonds is 9. The third-order valence-electron chi connectivity index (χ3n) is 2.86. The molecule has 0 amide bonds. The molecule has 1 rings (SSSR count). The monoisotopic (exact) mass is 266 g/mol. The summed E-state index contributed by atoms with van der Waals surface area (Å²) in [4.78, 5) is 0. The molecule has 1 aromatic heterocycles. The van der Waals surface area contributed by atoms with Crippen LogP contribution in [0.4, 0.5) is 0 Å². The fraction of sp³-hybridized carbons (Fsp3) is 0.643. The van der Waals surface area contributed by atoms with Crippen LogP contribution in [-0.2, 0) is 17.9 Å². The van der Waals surface area contributed by atoms with E-state index in [9.17, 15) is 0 Å². The molecule has 18 heavy (non-hydrogen) atoms. The van der Waals surface area contributed by atoms with Crippen molar-refractivity contribution in [3.63, 3.8) is 0 Å². The van der Waals surface area contributed by atoms with Crippen molar-refractivity contribution in [3.8, 4) is 0 Å². The van der Waals surface area contributed by atoms with Gasteiger partial charge < -0.3 is 4.74 Å². The predicted octanol–water partition coefficient (Wildman–Crippen LogP) is 3.70. The highest BCUT2D eigenvalue weighted by molar-refractivity contribution is 6.76. The Labute approximate surface area is 112 Å². The van der Waals surface area contributed by atoms with E-state index in [4.69, 9.17) is 4.74 Å². The standard InChI is InChI=1S/C14H26N2OSi/c1-5-6-7-8-14-9-10-15-16(14)13-17-11-12-18(2,3)4/h5,9-10H,1,6-8,11-13H2,2-4H3. The highest BCUT2D eigenvalue weighted by atomic mass is 28.3. The van der Waals surface area contributed by atoms with Gasteiger partial charge in [-0.1, -0.05) is 25.7 Å². The molecule has 102 valence electrons. The number of nitrogens with zero attached hydrogens (tertiary/aromatic N) is 2. The van der Waals surface area contributed by atoms with Gasteiger partial charge >= 0.3 is 0 Å². The molecule has 3 nitrogen and oxygen atoms in total. The summed E-state index contributed by atoms with van der Waals surface area (Å²) < 4.78 is 7.68. The summed E-state index contributed by atoms with van der Waals surface area (Å²) in [6.45, 7) is 12.3. The molecule has 1 heterocycles. The molecule has 4 heteroatoms. The minimum absolute atomic E-state index is 0.584. The summed E-state index contributed by atoms with van der Waals surface area (Å²) in [6, 6.07) is 3.28. The van der Waals surface area contributed by atoms with Crippen LogP contribution in [0, 0.1) is 0 Å². The van der Waals surface area contributed by atoms with Gasteiger partial charge in [-0.3, -0.25) is 0 Å². The first-order chi connectivity index (χ1) is 8.53. The summed E-state index contributed by atoms with van der Waals surface area (Å²) in [7, 11) is -0.985. The fourth-order valence-corrected chi connectivity index (χ4v) is 2.40. The van der Waals surface area contributed by atoms with Crippen molar-refractivity contribution in [1.82, 2.24) is 9.78 Å². The molecule has 0 aromatic carbocycles. The van der Waals surface area contributed by atoms with Crippen LogP contribution in [0.25, 0.3) is 0 Å². The topological polar surface area (TPSA) is 27.1 Å². The van der Waals surface area contributed by atoms with Crippen molar-refractivity contribution in [3.05, 3.63) is 30.6 Å². The van der Waals surface area contributed by atoms with Crippen LogP contribution in [0.5, 0.6) is 0 Å². The minimum Gasteiger partial charge on any atom is -0.360 e. The van der Waals surface area contributed by atoms with Crippen LogP contribution in [-0.4, -0.2) is 24.5 Å². The third-order valence-corrected chi connectivity index (χ3v) is 4.56. The molecular formula is C14H26N2OSi. The lowest BCUT2D eigenvalue weighted by Crippen LogP contribution is -2.22. The summed E-state index contributed by atoms with van der Waals surface area (Å²) in [6.07, 6.45) is 7.05. The zero-order valence-electron chi connectivity index (χ0n) is 12.0. The lowest BCUT2D eigenvalue weighted by atomic mass is 10.2. The predicted molar refractivity (Wildman–Crippen MR) is 79.5 cm³/mol. The summed E-state index contributed by atoms with van der Waals surface area (Å²) in [5, 5.41) is 4.31. The quantitative estimate of drug-likeness (QED) is 0.387. The lowest BCUT2D eigenvalue weighted by molar-refractivity contribution is 0.0764. The molecule has 0 saturated carbocycles. The Morgan fingerprint density at radius 1 is 1.44 bits per heavy atom. The number of hydrogen-bond acceptors (Lipinski definition) is 2. The van der Waals surface area contributed by atoms with E-state index >= 15 is 0 Å². The maximum absolute atomic E-state index is 5.72. The highest BCUT2D eigenvalue weighted by Crippen LogP contribution is 2.09. The second kappa shape index (κ2) is 7.54. The van der Waals surface area contributed by atoms with E-state index in [-0.39, 0.29) is 0 Å². The first kappa shape index (κ1) is 15.2. The Hall–Kier alpha value is -0.873. The van der Waals surface area contributed by atoms with E-state index in [0.717, 1.165) is 25.9 Å². The van der Waals surface area contributed by atoms with Crippen molar-refractivity contribution < 1.29 is 4.74 Å². The minimum atomic E-state index is -0.985. The average Bonchev–Trinajstić information content (AvgIpc) is 2.71. The van der Waals surface area contributed by atoms with Gasteiger partial charge in [0.1, 0.15) is 6.73 Å². The Morgan fingerprint density at radius 2 is 2.22 bits per heavy atom. The van der Waals surface area contributed by atoms with Crippen molar-refractivity contribution in [2.45, 2.75) is 51.7 Å². The number of allylic oxidation sites excluding steroid dienone is 1. The van der Waals surface area contributed by atoms with E-state index in [1.807, 2.05) is 17.0 Å². The molecule has 0 bridgehead atoms. The zero-order valence-corrected chi connectivity index (χ0v) is 13.0. The van der Waals surface area contributed by atoms with Gasteiger partial charge in [0, 0.05) is 26.6 Å². The Bertz CT molecular complexity index is 355. The van der Waals surface area contributed by atoms with Crippen LogP contribution in [0.3, 0.4) is 0 Å². The largest absolute Gasteiger partial charge is 0.360 e. The first-order valence-corrected chi connectivity index (χ1v) is 10.4. The Balaban J connectivity index is 2.29. The molecule has 0 aliphatic rings. The molecule has 0 aliphatic carbocycles. The van der Waals surface area contributed by atoms with Gasteiger partial charge in [-0.2, -0.15) is 5.10 Å². The Morgan fingerprint density at radius 3 is 2.89 bits per heavy atom. The van der Waals surface area contributed by atoms with Gasteiger partial charge in [0.15, 0.2) is 0 Å². The van der Waals surface area contributed by atoms with Crippen LogP contribution >= 0.6 is 0 Å². The van der Waals surface area contributed by atoms with E-state index in [1.54, 1.807) is 0 Å². The van der Waals surface area contributed by atoms with Gasteiger partial charge in [-0.15, -0.1) is 6.58 Å². The lowest BCUT2D eigenvalue weighted by Gasteiger charge is -2.15. The SMILES string of the molecule is C=CCCCc1ccnn1COCC[Si](C)(C)C. The maximum atomic E-state index is 5.72. The van der Waals surface area contributed by atoms with Crippen molar-refractivity contribution in [1.29, 1.82) is 0 Å². The molecule has 0 radical (unpaired) electrons. The molecule has 0 N–H and O–H groups in total. The maximum Gasteiger partial charge on any atom is 0.139 e. The number of unbranched alkanes of at least 4 members (excludes halogenated alkanes) is 1. The summed E-state index contributed by atoms with van der Waals surface area (Å²) >= 11 is 0. The van der Waals surface area contributed by atoms with Crippen molar-refractivity contribution in [2.75, 3.05) is 6.61 Å². The summed E-state index contributed by atoms with van der Waals surface area (Å²) in [5.74, 6) is 0. The van der Waals surface area contributed by atoms with Crippen molar-refractivity contribution >= 4 is 8.07 Å². The third kappa shape index (κ3) is 6.17. The van der Waals surface area contributed by atoms with Crippen molar-refractivity contribution in [2.24, 2.45) is 0 Å². The van der Waals surface area contributed by atoms with Crippen LogP contribution in [0.1, 0.15) is 18.5 Å². The molecule has 0 saturated heterocycles. The zero-order chi connectivity index (χ0) is 13.4. The highest BCUT2D eigenvalue weighted by Gasteiger charge is 2.12. The first-order valence-electron chi connectivity index (χ1n) is 6.72. The number of hydrogen-bond donors (Lipinski definition) is 0. The van der Waals surface area contributed by atoms with E-state index < -0.39 is 8.07 Å². The van der Waals surface area contributed by atoms with Gasteiger partial charge in [0.25, 0.3) is 0 Å². The number of aromatic nitrogens is 2. The molecule has 0 aliphatic heterocycles. The van der Waals surface area contributed by atoms with Crippen LogP contribution in [0.2, 0.25) is 25.7 Å². The van der Waals surface area contributed by atoms with E-state index in [1.165, 1.54) is 11.7 Å². The average molecular weight is 266 g/mol. The van der Waals surface area contributed by atoms with E-state index in [0.29, 0.717) is 6.73 Å². The fourth-order valence-electron chi connectivity index (χ4n) is 1.65. The van der Waals surface area contributed by atoms with Gasteiger partial charge in [0.05, 0.1) is 0 Å². The smallest absolute Gasteiger partial charge is 0.139 e.